The highest BCUT2D eigenvalue weighted by atomic mass is 19.1. The van der Waals surface area contributed by atoms with Crippen LogP contribution < -0.4 is 16.0 Å². The first kappa shape index (κ1) is 31.8. The largest absolute Gasteiger partial charge is 0.390 e. The summed E-state index contributed by atoms with van der Waals surface area (Å²) in [7, 11) is 0. The fourth-order valence-corrected chi connectivity index (χ4v) is 5.57. The second kappa shape index (κ2) is 14.9. The maximum Gasteiger partial charge on any atom is 0.251 e. The normalized spacial score (nSPS) is 15.3. The van der Waals surface area contributed by atoms with E-state index < -0.39 is 23.8 Å². The fourth-order valence-electron chi connectivity index (χ4n) is 5.57. The maximum absolute atomic E-state index is 14.0. The molecule has 4 N–H and O–H groups in total. The molecule has 1 aliphatic carbocycles. The molecule has 226 valence electrons. The molecule has 7 heteroatoms. The van der Waals surface area contributed by atoms with E-state index in [0.29, 0.717) is 17.7 Å². The minimum atomic E-state index is -0.989. The molecule has 4 rings (SSSR count). The molecule has 0 heterocycles. The first-order chi connectivity index (χ1) is 20.2. The first-order valence-electron chi connectivity index (χ1n) is 15.3. The van der Waals surface area contributed by atoms with Crippen molar-refractivity contribution in [2.24, 2.45) is 0 Å². The summed E-state index contributed by atoms with van der Waals surface area (Å²) < 4.78 is 28.0. The van der Waals surface area contributed by atoms with Gasteiger partial charge in [0.1, 0.15) is 11.6 Å². The van der Waals surface area contributed by atoms with Gasteiger partial charge in [-0.3, -0.25) is 4.79 Å². The zero-order valence-corrected chi connectivity index (χ0v) is 25.1. The van der Waals surface area contributed by atoms with Crippen molar-refractivity contribution in [2.75, 3.05) is 13.1 Å². The number of halogens is 2. The van der Waals surface area contributed by atoms with Crippen LogP contribution in [0.3, 0.4) is 0 Å². The molecule has 0 unspecified atom stereocenters. The molecule has 0 aromatic heterocycles. The first-order valence-corrected chi connectivity index (χ1v) is 15.3. The van der Waals surface area contributed by atoms with Crippen LogP contribution in [0.15, 0.2) is 60.7 Å². The van der Waals surface area contributed by atoms with E-state index in [-0.39, 0.29) is 24.4 Å². The van der Waals surface area contributed by atoms with E-state index in [1.165, 1.54) is 29.7 Å². The molecule has 1 saturated carbocycles. The van der Waals surface area contributed by atoms with Crippen LogP contribution in [-0.4, -0.2) is 36.2 Å². The SMILES string of the molecule is CCCCCNCc1cc(C)cc(C(=O)N[C@@H](Cc2cc(F)cc(F)c2)[C@H](O)CNC2(c3cccc(CC)c3)CC2)c1. The van der Waals surface area contributed by atoms with Crippen molar-refractivity contribution in [3.63, 3.8) is 0 Å². The zero-order chi connectivity index (χ0) is 30.1. The number of hydrogen-bond acceptors (Lipinski definition) is 4. The van der Waals surface area contributed by atoms with E-state index in [4.69, 9.17) is 0 Å². The van der Waals surface area contributed by atoms with E-state index in [9.17, 15) is 18.7 Å². The minimum absolute atomic E-state index is 0.0826. The molecule has 5 nitrogen and oxygen atoms in total. The molecule has 1 fully saturated rings. The van der Waals surface area contributed by atoms with Crippen LogP contribution in [0.25, 0.3) is 0 Å². The van der Waals surface area contributed by atoms with Crippen molar-refractivity contribution < 1.29 is 18.7 Å². The number of carbonyl (C=O) groups excluding carboxylic acids is 1. The van der Waals surface area contributed by atoms with Gasteiger partial charge < -0.3 is 21.1 Å². The second-order valence-electron chi connectivity index (χ2n) is 11.7. The van der Waals surface area contributed by atoms with E-state index in [1.54, 1.807) is 0 Å². The lowest BCUT2D eigenvalue weighted by molar-refractivity contribution is 0.0822. The van der Waals surface area contributed by atoms with Crippen molar-refractivity contribution >= 4 is 5.91 Å². The Morgan fingerprint density at radius 2 is 1.71 bits per heavy atom. The number of hydrogen-bond donors (Lipinski definition) is 4. The third-order valence-electron chi connectivity index (χ3n) is 8.13. The van der Waals surface area contributed by atoms with Crippen LogP contribution in [0.1, 0.15) is 84.1 Å². The smallest absolute Gasteiger partial charge is 0.251 e. The number of benzene rings is 3. The van der Waals surface area contributed by atoms with Gasteiger partial charge in [0.05, 0.1) is 12.1 Å². The number of amides is 1. The monoisotopic (exact) mass is 577 g/mol. The summed E-state index contributed by atoms with van der Waals surface area (Å²) >= 11 is 0. The highest BCUT2D eigenvalue weighted by Crippen LogP contribution is 2.45. The van der Waals surface area contributed by atoms with Gasteiger partial charge in [0, 0.05) is 30.3 Å². The molecule has 1 aliphatic rings. The highest BCUT2D eigenvalue weighted by Gasteiger charge is 2.44. The Bertz CT molecular complexity index is 1320. The summed E-state index contributed by atoms with van der Waals surface area (Å²) in [5.74, 6) is -1.71. The number of aliphatic hydroxyl groups excluding tert-OH is 1. The number of nitrogens with one attached hydrogen (secondary N) is 3. The third-order valence-corrected chi connectivity index (χ3v) is 8.13. The zero-order valence-electron chi connectivity index (χ0n) is 25.1. The van der Waals surface area contributed by atoms with Crippen molar-refractivity contribution in [3.8, 4) is 0 Å². The number of aliphatic hydroxyl groups is 1. The van der Waals surface area contributed by atoms with E-state index in [2.05, 4.69) is 60.1 Å². The van der Waals surface area contributed by atoms with Gasteiger partial charge in [-0.05, 0) is 92.1 Å². The van der Waals surface area contributed by atoms with Crippen LogP contribution in [0.4, 0.5) is 8.78 Å². The van der Waals surface area contributed by atoms with E-state index in [0.717, 1.165) is 55.8 Å². The van der Waals surface area contributed by atoms with E-state index in [1.807, 2.05) is 19.1 Å². The molecule has 42 heavy (non-hydrogen) atoms. The number of rotatable bonds is 16. The predicted molar refractivity (Wildman–Crippen MR) is 164 cm³/mol. The van der Waals surface area contributed by atoms with Crippen LogP contribution in [0, 0.1) is 18.6 Å². The minimum Gasteiger partial charge on any atom is -0.390 e. The molecule has 3 aromatic rings. The molecule has 0 aliphatic heterocycles. The summed E-state index contributed by atoms with van der Waals surface area (Å²) in [6.07, 6.45) is 5.39. The Hall–Kier alpha value is -3.13. The number of aryl methyl sites for hydroxylation is 2. The molecule has 0 bridgehead atoms. The van der Waals surface area contributed by atoms with Gasteiger partial charge in [0.15, 0.2) is 0 Å². The number of carbonyl (C=O) groups is 1. The summed E-state index contributed by atoms with van der Waals surface area (Å²) in [4.78, 5) is 13.5. The predicted octanol–water partition coefficient (Wildman–Crippen LogP) is 6.10. The van der Waals surface area contributed by atoms with Gasteiger partial charge >= 0.3 is 0 Å². The van der Waals surface area contributed by atoms with Crippen molar-refractivity contribution in [1.82, 2.24) is 16.0 Å². The van der Waals surface area contributed by atoms with E-state index >= 15 is 0 Å². The van der Waals surface area contributed by atoms with Gasteiger partial charge in [0.25, 0.3) is 5.91 Å². The van der Waals surface area contributed by atoms with Gasteiger partial charge in [-0.2, -0.15) is 0 Å². The van der Waals surface area contributed by atoms with Gasteiger partial charge in [-0.25, -0.2) is 8.78 Å². The van der Waals surface area contributed by atoms with Crippen molar-refractivity contribution in [1.29, 1.82) is 0 Å². The quantitative estimate of drug-likeness (QED) is 0.155. The topological polar surface area (TPSA) is 73.4 Å². The summed E-state index contributed by atoms with van der Waals surface area (Å²) in [6.45, 7) is 8.04. The Kier molecular flexibility index (Phi) is 11.2. The standard InChI is InChI=1S/C35H45F2N3O2/c1-4-6-7-13-38-22-27-14-24(3)15-28(16-27)34(42)40-32(20-26-18-30(36)21-31(37)19-26)33(41)23-39-35(11-12-35)29-10-8-9-25(5-2)17-29/h8-10,14-19,21,32-33,38-39,41H,4-7,11-13,20,22-23H2,1-3H3,(H,40,42)/t32-,33+/m0/s1. The fraction of sp³-hybridized carbons (Fsp3) is 0.457. The van der Waals surface area contributed by atoms with Crippen LogP contribution >= 0.6 is 0 Å². The van der Waals surface area contributed by atoms with Gasteiger partial charge in [-0.1, -0.05) is 62.6 Å². The molecule has 2 atom stereocenters. The van der Waals surface area contributed by atoms with Crippen LogP contribution in [0.2, 0.25) is 0 Å². The molecule has 0 spiro atoms. The summed E-state index contributed by atoms with van der Waals surface area (Å²) in [6, 6.07) is 16.8. The molecule has 3 aromatic carbocycles. The van der Waals surface area contributed by atoms with Crippen LogP contribution in [-0.2, 0) is 24.9 Å². The van der Waals surface area contributed by atoms with Crippen molar-refractivity contribution in [3.05, 3.63) is 106 Å². The molecule has 0 radical (unpaired) electrons. The lowest BCUT2D eigenvalue weighted by Crippen LogP contribution is -2.50. The molecular formula is C35H45F2N3O2. The Labute approximate surface area is 249 Å². The summed E-state index contributed by atoms with van der Waals surface area (Å²) in [5, 5.41) is 21.3. The Morgan fingerprint density at radius 1 is 0.952 bits per heavy atom. The number of unbranched alkanes of at least 4 members (excludes halogenated alkanes) is 2. The van der Waals surface area contributed by atoms with Crippen LogP contribution in [0.5, 0.6) is 0 Å². The second-order valence-corrected chi connectivity index (χ2v) is 11.7. The average Bonchev–Trinajstić information content (AvgIpc) is 3.76. The Balaban J connectivity index is 1.48. The molecule has 0 saturated heterocycles. The van der Waals surface area contributed by atoms with Gasteiger partial charge in [0.2, 0.25) is 0 Å². The maximum atomic E-state index is 14.0. The Morgan fingerprint density at radius 3 is 2.40 bits per heavy atom. The van der Waals surface area contributed by atoms with Crippen molar-refractivity contribution in [2.45, 2.75) is 89.9 Å². The van der Waals surface area contributed by atoms with Gasteiger partial charge in [-0.15, -0.1) is 0 Å². The average molecular weight is 578 g/mol. The lowest BCUT2D eigenvalue weighted by Gasteiger charge is -2.27. The summed E-state index contributed by atoms with van der Waals surface area (Å²) in [5.41, 5.74) is 5.07. The highest BCUT2D eigenvalue weighted by molar-refractivity contribution is 5.94. The lowest BCUT2D eigenvalue weighted by atomic mass is 9.98. The molecular weight excluding hydrogens is 532 g/mol. The molecule has 1 amide bonds. The third kappa shape index (κ3) is 8.93.